The number of carbonyl (C=O) groups is 1. The number of hydrogen-bond acceptors (Lipinski definition) is 4. The zero-order valence-electron chi connectivity index (χ0n) is 15.8. The molecule has 0 atom stereocenters. The molecule has 0 aromatic heterocycles. The molecule has 0 aliphatic carbocycles. The number of fused-ring (bicyclic) bond motifs is 1. The van der Waals surface area contributed by atoms with Crippen molar-refractivity contribution in [2.24, 2.45) is 0 Å². The lowest BCUT2D eigenvalue weighted by Crippen LogP contribution is -2.35. The van der Waals surface area contributed by atoms with Crippen molar-refractivity contribution in [2.75, 3.05) is 31.5 Å². The van der Waals surface area contributed by atoms with Crippen LogP contribution in [-0.2, 0) is 27.8 Å². The first-order valence-corrected chi connectivity index (χ1v) is 11.2. The summed E-state index contributed by atoms with van der Waals surface area (Å²) in [5.74, 6) is -0.0193. The summed E-state index contributed by atoms with van der Waals surface area (Å²) >= 11 is 0. The fraction of sp³-hybridized carbons (Fsp3) is 0.381. The van der Waals surface area contributed by atoms with E-state index in [1.165, 1.54) is 5.56 Å². The predicted octanol–water partition coefficient (Wildman–Crippen LogP) is 2.47. The molecule has 6 nitrogen and oxygen atoms in total. The van der Waals surface area contributed by atoms with Gasteiger partial charge in [0.1, 0.15) is 0 Å². The zero-order chi connectivity index (χ0) is 19.6. The van der Waals surface area contributed by atoms with Gasteiger partial charge >= 0.3 is 0 Å². The van der Waals surface area contributed by atoms with Crippen LogP contribution in [0, 0.1) is 0 Å². The molecule has 2 aliphatic heterocycles. The van der Waals surface area contributed by atoms with Gasteiger partial charge in [-0.05, 0) is 48.7 Å². The molecule has 2 aromatic rings. The van der Waals surface area contributed by atoms with Gasteiger partial charge in [0.2, 0.25) is 15.9 Å². The molecule has 28 heavy (non-hydrogen) atoms. The number of aryl methyl sites for hydroxylation is 1. The maximum Gasteiger partial charge on any atom is 0.243 e. The lowest BCUT2D eigenvalue weighted by Gasteiger charge is -2.23. The maximum absolute atomic E-state index is 13.2. The number of nitrogens with one attached hydrogen (secondary N) is 1. The molecule has 1 fully saturated rings. The highest BCUT2D eigenvalue weighted by Gasteiger charge is 2.28. The molecule has 2 aliphatic rings. The molecule has 1 saturated heterocycles. The normalized spacial score (nSPS) is 18.9. The Morgan fingerprint density at radius 2 is 1.75 bits per heavy atom. The largest absolute Gasteiger partial charge is 0.326 e. The third-order valence-corrected chi connectivity index (χ3v) is 7.30. The summed E-state index contributed by atoms with van der Waals surface area (Å²) in [7, 11) is -3.53. The van der Waals surface area contributed by atoms with E-state index in [-0.39, 0.29) is 5.91 Å². The Kier molecular flexibility index (Phi) is 5.48. The molecule has 1 N–H and O–H groups in total. The van der Waals surface area contributed by atoms with Crippen molar-refractivity contribution in [3.05, 3.63) is 59.7 Å². The number of sulfonamides is 1. The second kappa shape index (κ2) is 8.03. The van der Waals surface area contributed by atoms with Crippen LogP contribution in [0.1, 0.15) is 24.0 Å². The maximum atomic E-state index is 13.2. The average molecular weight is 400 g/mol. The van der Waals surface area contributed by atoms with Crippen LogP contribution in [0.4, 0.5) is 5.69 Å². The molecule has 7 heteroatoms. The second-order valence-electron chi connectivity index (χ2n) is 7.39. The van der Waals surface area contributed by atoms with Crippen molar-refractivity contribution >= 4 is 21.6 Å². The Balaban J connectivity index is 1.47. The first-order valence-electron chi connectivity index (χ1n) is 9.71. The van der Waals surface area contributed by atoms with Gasteiger partial charge in [-0.15, -0.1) is 0 Å². The summed E-state index contributed by atoms with van der Waals surface area (Å²) in [5.41, 5.74) is 2.86. The minimum atomic E-state index is -3.53. The minimum Gasteiger partial charge on any atom is -0.326 e. The summed E-state index contributed by atoms with van der Waals surface area (Å²) in [5, 5.41) is 2.80. The van der Waals surface area contributed by atoms with Gasteiger partial charge in [0.25, 0.3) is 0 Å². The number of carbonyl (C=O) groups excluding carboxylic acids is 1. The van der Waals surface area contributed by atoms with Gasteiger partial charge in [-0.3, -0.25) is 9.69 Å². The van der Waals surface area contributed by atoms with E-state index in [0.29, 0.717) is 30.8 Å². The third-order valence-electron chi connectivity index (χ3n) is 5.41. The minimum absolute atomic E-state index is 0.0193. The summed E-state index contributed by atoms with van der Waals surface area (Å²) in [6.07, 6.45) is 1.79. The highest BCUT2D eigenvalue weighted by molar-refractivity contribution is 7.89. The summed E-state index contributed by atoms with van der Waals surface area (Å²) < 4.78 is 27.9. The Hall–Kier alpha value is -2.22. The average Bonchev–Trinajstić information content (AvgIpc) is 2.94. The van der Waals surface area contributed by atoms with E-state index >= 15 is 0 Å². The molecule has 0 unspecified atom stereocenters. The fourth-order valence-electron chi connectivity index (χ4n) is 3.86. The van der Waals surface area contributed by atoms with Crippen molar-refractivity contribution in [1.82, 2.24) is 9.21 Å². The molecule has 2 aromatic carbocycles. The number of nitrogens with zero attached hydrogens (tertiary/aromatic N) is 2. The van der Waals surface area contributed by atoms with E-state index in [2.05, 4.69) is 22.3 Å². The van der Waals surface area contributed by atoms with E-state index in [9.17, 15) is 13.2 Å². The molecule has 148 valence electrons. The van der Waals surface area contributed by atoms with Crippen LogP contribution in [0.15, 0.2) is 53.4 Å². The monoisotopic (exact) mass is 399 g/mol. The summed E-state index contributed by atoms with van der Waals surface area (Å²) in [6, 6.07) is 15.3. The van der Waals surface area contributed by atoms with Crippen LogP contribution in [0.2, 0.25) is 0 Å². The van der Waals surface area contributed by atoms with Gasteiger partial charge in [0.15, 0.2) is 0 Å². The van der Waals surface area contributed by atoms with Crippen molar-refractivity contribution in [2.45, 2.75) is 30.7 Å². The summed E-state index contributed by atoms with van der Waals surface area (Å²) in [4.78, 5) is 14.1. The lowest BCUT2D eigenvalue weighted by atomic mass is 10.0. The molecular formula is C21H25N3O3S. The highest BCUT2D eigenvalue weighted by Crippen LogP contribution is 2.27. The molecule has 0 bridgehead atoms. The molecule has 2 heterocycles. The smallest absolute Gasteiger partial charge is 0.243 e. The first kappa shape index (κ1) is 19.1. The molecule has 4 rings (SSSR count). The number of hydrogen-bond donors (Lipinski definition) is 1. The van der Waals surface area contributed by atoms with Crippen LogP contribution in [0.5, 0.6) is 0 Å². The SMILES string of the molecule is O=C1CCc2cc(S(=O)(=O)N3CCCN(Cc4ccccc4)CC3)ccc2N1. The Bertz CT molecular complexity index is 960. The Morgan fingerprint density at radius 1 is 0.929 bits per heavy atom. The van der Waals surface area contributed by atoms with Crippen LogP contribution < -0.4 is 5.32 Å². The van der Waals surface area contributed by atoms with Crippen LogP contribution in [-0.4, -0.2) is 49.7 Å². The summed E-state index contributed by atoms with van der Waals surface area (Å²) in [6.45, 7) is 3.46. The van der Waals surface area contributed by atoms with E-state index in [4.69, 9.17) is 0 Å². The van der Waals surface area contributed by atoms with Gasteiger partial charge in [-0.2, -0.15) is 4.31 Å². The number of anilines is 1. The fourth-order valence-corrected chi connectivity index (χ4v) is 5.38. The third kappa shape index (κ3) is 4.11. The number of amides is 1. The molecule has 1 amide bonds. The molecule has 0 spiro atoms. The lowest BCUT2D eigenvalue weighted by molar-refractivity contribution is -0.116. The van der Waals surface area contributed by atoms with Crippen LogP contribution in [0.25, 0.3) is 0 Å². The Morgan fingerprint density at radius 3 is 2.57 bits per heavy atom. The van der Waals surface area contributed by atoms with Crippen LogP contribution >= 0.6 is 0 Å². The van der Waals surface area contributed by atoms with Gasteiger partial charge < -0.3 is 5.32 Å². The quantitative estimate of drug-likeness (QED) is 0.858. The van der Waals surface area contributed by atoms with Crippen molar-refractivity contribution in [3.8, 4) is 0 Å². The van der Waals surface area contributed by atoms with E-state index in [1.807, 2.05) is 18.2 Å². The van der Waals surface area contributed by atoms with Gasteiger partial charge in [-0.1, -0.05) is 30.3 Å². The first-order chi connectivity index (χ1) is 13.5. The standard InChI is InChI=1S/C21H25N3O3S/c25-21-10-7-18-15-19(8-9-20(18)22-21)28(26,27)24-12-4-11-23(13-14-24)16-17-5-2-1-3-6-17/h1-3,5-6,8-9,15H,4,7,10-14,16H2,(H,22,25). The second-order valence-corrected chi connectivity index (χ2v) is 9.32. The van der Waals surface area contributed by atoms with Gasteiger partial charge in [0.05, 0.1) is 4.90 Å². The molecular weight excluding hydrogens is 374 g/mol. The molecule has 0 saturated carbocycles. The Labute approximate surface area is 166 Å². The van der Waals surface area contributed by atoms with Crippen molar-refractivity contribution in [3.63, 3.8) is 0 Å². The zero-order valence-corrected chi connectivity index (χ0v) is 16.6. The van der Waals surface area contributed by atoms with Gasteiger partial charge in [-0.25, -0.2) is 8.42 Å². The predicted molar refractivity (Wildman–Crippen MR) is 108 cm³/mol. The van der Waals surface area contributed by atoms with Crippen LogP contribution in [0.3, 0.4) is 0 Å². The van der Waals surface area contributed by atoms with Crippen molar-refractivity contribution < 1.29 is 13.2 Å². The molecule has 0 radical (unpaired) electrons. The topological polar surface area (TPSA) is 69.7 Å². The highest BCUT2D eigenvalue weighted by atomic mass is 32.2. The van der Waals surface area contributed by atoms with Gasteiger partial charge in [0, 0.05) is 38.3 Å². The number of rotatable bonds is 4. The van der Waals surface area contributed by atoms with E-state index in [0.717, 1.165) is 37.3 Å². The van der Waals surface area contributed by atoms with E-state index < -0.39 is 10.0 Å². The number of benzene rings is 2. The van der Waals surface area contributed by atoms with E-state index in [1.54, 1.807) is 22.5 Å². The van der Waals surface area contributed by atoms with Crippen molar-refractivity contribution in [1.29, 1.82) is 0 Å².